The summed E-state index contributed by atoms with van der Waals surface area (Å²) < 4.78 is 6.29. The fourth-order valence-electron chi connectivity index (χ4n) is 1.89. The third-order valence-electron chi connectivity index (χ3n) is 2.86. The molecule has 1 aliphatic heterocycles. The first-order valence-electron chi connectivity index (χ1n) is 5.46. The van der Waals surface area contributed by atoms with Gasteiger partial charge in [-0.15, -0.1) is 0 Å². The summed E-state index contributed by atoms with van der Waals surface area (Å²) in [6, 6.07) is 4.28. The molecule has 1 aromatic carbocycles. The summed E-state index contributed by atoms with van der Waals surface area (Å²) in [5.41, 5.74) is 1.83. The minimum atomic E-state index is 0.384. The van der Waals surface area contributed by atoms with E-state index in [-0.39, 0.29) is 0 Å². The standard InChI is InChI=1S/C12H16BrNO2/c1-8-4-10(13)5-9(12(8)15)6-14-11-2-3-16-7-11/h4-5,11,14-15H,2-3,6-7H2,1H3. The van der Waals surface area contributed by atoms with Crippen LogP contribution in [0.4, 0.5) is 0 Å². The lowest BCUT2D eigenvalue weighted by Crippen LogP contribution is -2.28. The molecule has 1 saturated heterocycles. The second kappa shape index (κ2) is 5.17. The van der Waals surface area contributed by atoms with Crippen molar-refractivity contribution < 1.29 is 9.84 Å². The summed E-state index contributed by atoms with van der Waals surface area (Å²) in [5, 5.41) is 13.3. The number of hydrogen-bond donors (Lipinski definition) is 2. The van der Waals surface area contributed by atoms with Crippen molar-refractivity contribution in [2.45, 2.75) is 25.9 Å². The molecule has 2 N–H and O–H groups in total. The molecule has 0 bridgehead atoms. The van der Waals surface area contributed by atoms with Gasteiger partial charge in [-0.3, -0.25) is 0 Å². The lowest BCUT2D eigenvalue weighted by Gasteiger charge is -2.13. The van der Waals surface area contributed by atoms with Crippen LogP contribution in [0.3, 0.4) is 0 Å². The highest BCUT2D eigenvalue weighted by atomic mass is 79.9. The van der Waals surface area contributed by atoms with Gasteiger partial charge in [-0.05, 0) is 31.0 Å². The maximum atomic E-state index is 9.90. The van der Waals surface area contributed by atoms with E-state index in [1.165, 1.54) is 0 Å². The minimum Gasteiger partial charge on any atom is -0.507 e. The SMILES string of the molecule is Cc1cc(Br)cc(CNC2CCOC2)c1O. The molecular weight excluding hydrogens is 270 g/mol. The smallest absolute Gasteiger partial charge is 0.123 e. The molecule has 0 amide bonds. The van der Waals surface area contributed by atoms with Crippen LogP contribution < -0.4 is 5.32 Å². The van der Waals surface area contributed by atoms with Crippen LogP contribution in [-0.4, -0.2) is 24.4 Å². The third-order valence-corrected chi connectivity index (χ3v) is 3.31. The van der Waals surface area contributed by atoms with Gasteiger partial charge < -0.3 is 15.2 Å². The number of aromatic hydroxyl groups is 1. The Morgan fingerprint density at radius 1 is 1.56 bits per heavy atom. The van der Waals surface area contributed by atoms with Gasteiger partial charge in [0.15, 0.2) is 0 Å². The number of rotatable bonds is 3. The van der Waals surface area contributed by atoms with Crippen LogP contribution in [0.15, 0.2) is 16.6 Å². The molecule has 0 aliphatic carbocycles. The van der Waals surface area contributed by atoms with Gasteiger partial charge >= 0.3 is 0 Å². The van der Waals surface area contributed by atoms with Gasteiger partial charge in [-0.1, -0.05) is 15.9 Å². The molecule has 0 spiro atoms. The van der Waals surface area contributed by atoms with E-state index in [2.05, 4.69) is 21.2 Å². The average Bonchev–Trinajstić information content (AvgIpc) is 2.74. The molecule has 1 aliphatic rings. The second-order valence-corrected chi connectivity index (χ2v) is 5.09. The van der Waals surface area contributed by atoms with Gasteiger partial charge in [-0.25, -0.2) is 0 Å². The van der Waals surface area contributed by atoms with Crippen LogP contribution >= 0.6 is 15.9 Å². The first-order chi connectivity index (χ1) is 7.66. The van der Waals surface area contributed by atoms with Crippen molar-refractivity contribution in [3.8, 4) is 5.75 Å². The van der Waals surface area contributed by atoms with Crippen molar-refractivity contribution in [2.75, 3.05) is 13.2 Å². The number of ether oxygens (including phenoxy) is 1. The Bertz CT molecular complexity index is 376. The van der Waals surface area contributed by atoms with E-state index >= 15 is 0 Å². The summed E-state index contributed by atoms with van der Waals surface area (Å²) in [5.74, 6) is 0.384. The first kappa shape index (κ1) is 11.9. The summed E-state index contributed by atoms with van der Waals surface area (Å²) in [7, 11) is 0. The van der Waals surface area contributed by atoms with Crippen LogP contribution in [0.5, 0.6) is 5.75 Å². The van der Waals surface area contributed by atoms with E-state index in [0.29, 0.717) is 18.3 Å². The predicted molar refractivity (Wildman–Crippen MR) is 66.6 cm³/mol. The van der Waals surface area contributed by atoms with Crippen LogP contribution in [0, 0.1) is 6.92 Å². The Hall–Kier alpha value is -0.580. The van der Waals surface area contributed by atoms with Crippen molar-refractivity contribution >= 4 is 15.9 Å². The highest BCUT2D eigenvalue weighted by molar-refractivity contribution is 9.10. The molecular formula is C12H16BrNO2. The summed E-state index contributed by atoms with van der Waals surface area (Å²) in [6.07, 6.45) is 1.05. The maximum absolute atomic E-state index is 9.90. The van der Waals surface area contributed by atoms with Crippen LogP contribution in [0.25, 0.3) is 0 Å². The van der Waals surface area contributed by atoms with E-state index in [0.717, 1.165) is 35.2 Å². The fraction of sp³-hybridized carbons (Fsp3) is 0.500. The van der Waals surface area contributed by atoms with Crippen LogP contribution in [0.2, 0.25) is 0 Å². The number of nitrogens with one attached hydrogen (secondary N) is 1. The van der Waals surface area contributed by atoms with E-state index in [1.807, 2.05) is 19.1 Å². The van der Waals surface area contributed by atoms with Gasteiger partial charge in [0, 0.05) is 29.2 Å². The van der Waals surface area contributed by atoms with Crippen molar-refractivity contribution in [2.24, 2.45) is 0 Å². The number of benzene rings is 1. The highest BCUT2D eigenvalue weighted by Crippen LogP contribution is 2.26. The fourth-order valence-corrected chi connectivity index (χ4v) is 2.51. The lowest BCUT2D eigenvalue weighted by atomic mass is 10.1. The van der Waals surface area contributed by atoms with Gasteiger partial charge in [0.25, 0.3) is 0 Å². The van der Waals surface area contributed by atoms with Crippen LogP contribution in [-0.2, 0) is 11.3 Å². The monoisotopic (exact) mass is 285 g/mol. The van der Waals surface area contributed by atoms with Crippen molar-refractivity contribution in [1.82, 2.24) is 5.32 Å². The average molecular weight is 286 g/mol. The zero-order chi connectivity index (χ0) is 11.5. The molecule has 1 atom stereocenters. The van der Waals surface area contributed by atoms with E-state index in [1.54, 1.807) is 0 Å². The first-order valence-corrected chi connectivity index (χ1v) is 6.25. The van der Waals surface area contributed by atoms with Gasteiger partial charge in [0.05, 0.1) is 6.61 Å². The third kappa shape index (κ3) is 2.75. The zero-order valence-corrected chi connectivity index (χ0v) is 10.9. The van der Waals surface area contributed by atoms with Gasteiger partial charge in [0.2, 0.25) is 0 Å². The molecule has 1 unspecified atom stereocenters. The van der Waals surface area contributed by atoms with Gasteiger partial charge in [-0.2, -0.15) is 0 Å². The molecule has 1 aromatic rings. The molecule has 4 heteroatoms. The largest absolute Gasteiger partial charge is 0.507 e. The van der Waals surface area contributed by atoms with E-state index < -0.39 is 0 Å². The highest BCUT2D eigenvalue weighted by Gasteiger charge is 2.15. The molecule has 0 aromatic heterocycles. The van der Waals surface area contributed by atoms with Crippen molar-refractivity contribution in [3.05, 3.63) is 27.7 Å². The Kier molecular flexibility index (Phi) is 3.84. The number of hydrogen-bond acceptors (Lipinski definition) is 3. The maximum Gasteiger partial charge on any atom is 0.123 e. The molecule has 0 saturated carbocycles. The quantitative estimate of drug-likeness (QED) is 0.896. The molecule has 1 fully saturated rings. The van der Waals surface area contributed by atoms with Crippen molar-refractivity contribution in [1.29, 1.82) is 0 Å². The number of aryl methyl sites for hydroxylation is 1. The summed E-state index contributed by atoms with van der Waals surface area (Å²) >= 11 is 3.44. The molecule has 2 rings (SSSR count). The number of phenolic OH excluding ortho intramolecular Hbond substituents is 1. The lowest BCUT2D eigenvalue weighted by molar-refractivity contribution is 0.189. The molecule has 0 radical (unpaired) electrons. The van der Waals surface area contributed by atoms with E-state index in [4.69, 9.17) is 4.74 Å². The van der Waals surface area contributed by atoms with Gasteiger partial charge in [0.1, 0.15) is 5.75 Å². The Balaban J connectivity index is 2.02. The zero-order valence-electron chi connectivity index (χ0n) is 9.29. The second-order valence-electron chi connectivity index (χ2n) is 4.17. The molecule has 88 valence electrons. The Morgan fingerprint density at radius 2 is 2.38 bits per heavy atom. The topological polar surface area (TPSA) is 41.5 Å². The summed E-state index contributed by atoms with van der Waals surface area (Å²) in [4.78, 5) is 0. The summed E-state index contributed by atoms with van der Waals surface area (Å²) in [6.45, 7) is 4.19. The predicted octanol–water partition coefficient (Wildman–Crippen LogP) is 2.34. The Morgan fingerprint density at radius 3 is 3.06 bits per heavy atom. The molecule has 3 nitrogen and oxygen atoms in total. The number of phenols is 1. The number of halogens is 1. The minimum absolute atomic E-state index is 0.384. The van der Waals surface area contributed by atoms with E-state index in [9.17, 15) is 5.11 Å². The van der Waals surface area contributed by atoms with Crippen LogP contribution in [0.1, 0.15) is 17.5 Å². The Labute approximate surface area is 104 Å². The molecule has 16 heavy (non-hydrogen) atoms. The normalized spacial score (nSPS) is 20.2. The molecule has 1 heterocycles. The van der Waals surface area contributed by atoms with Crippen molar-refractivity contribution in [3.63, 3.8) is 0 Å².